The van der Waals surface area contributed by atoms with Gasteiger partial charge in [0, 0.05) is 12.1 Å². The molecule has 1 aliphatic carbocycles. The summed E-state index contributed by atoms with van der Waals surface area (Å²) in [5, 5.41) is 12.7. The molecule has 0 saturated heterocycles. The smallest absolute Gasteiger partial charge is 0.167 e. The summed E-state index contributed by atoms with van der Waals surface area (Å²) >= 11 is 0. The van der Waals surface area contributed by atoms with Gasteiger partial charge in [0.1, 0.15) is 0 Å². The number of nitrogens with one attached hydrogen (secondary N) is 1. The standard InChI is InChI=1S/C14H21FN2O2/c1-2-6-19-13-8-12(11(16)7-10(13)15)17-14(9-18)4-3-5-14/h7-8,17-18H,2-6,9,16H2,1H3. The lowest BCUT2D eigenvalue weighted by atomic mass is 9.77. The second-order valence-corrected chi connectivity index (χ2v) is 5.14. The van der Waals surface area contributed by atoms with E-state index < -0.39 is 5.82 Å². The van der Waals surface area contributed by atoms with E-state index in [4.69, 9.17) is 10.5 Å². The minimum atomic E-state index is -0.455. The zero-order valence-electron chi connectivity index (χ0n) is 11.2. The summed E-state index contributed by atoms with van der Waals surface area (Å²) in [6.07, 6.45) is 3.68. The lowest BCUT2D eigenvalue weighted by Crippen LogP contribution is -2.48. The van der Waals surface area contributed by atoms with Crippen LogP contribution in [0.15, 0.2) is 12.1 Å². The number of aliphatic hydroxyl groups is 1. The number of nitrogen functional groups attached to an aromatic ring is 1. The molecule has 0 aromatic heterocycles. The van der Waals surface area contributed by atoms with Crippen LogP contribution < -0.4 is 15.8 Å². The first-order chi connectivity index (χ1) is 9.10. The first-order valence-electron chi connectivity index (χ1n) is 6.71. The normalized spacial score (nSPS) is 16.8. The van der Waals surface area contributed by atoms with Gasteiger partial charge in [-0.05, 0) is 25.7 Å². The van der Waals surface area contributed by atoms with Crippen molar-refractivity contribution in [3.05, 3.63) is 17.9 Å². The van der Waals surface area contributed by atoms with Crippen molar-refractivity contribution in [1.82, 2.24) is 0 Å². The lowest BCUT2D eigenvalue weighted by molar-refractivity contribution is 0.144. The molecule has 19 heavy (non-hydrogen) atoms. The van der Waals surface area contributed by atoms with Crippen LogP contribution in [0.25, 0.3) is 0 Å². The second kappa shape index (κ2) is 5.65. The van der Waals surface area contributed by atoms with Crippen molar-refractivity contribution in [3.8, 4) is 5.75 Å². The molecule has 5 heteroatoms. The number of rotatable bonds is 6. The van der Waals surface area contributed by atoms with Gasteiger partial charge in [-0.15, -0.1) is 0 Å². The Morgan fingerprint density at radius 3 is 2.74 bits per heavy atom. The Bertz CT molecular complexity index is 442. The van der Waals surface area contributed by atoms with Crippen molar-refractivity contribution >= 4 is 11.4 Å². The lowest BCUT2D eigenvalue weighted by Gasteiger charge is -2.42. The number of benzene rings is 1. The largest absolute Gasteiger partial charge is 0.490 e. The Kier molecular flexibility index (Phi) is 4.14. The maximum Gasteiger partial charge on any atom is 0.167 e. The van der Waals surface area contributed by atoms with E-state index in [1.807, 2.05) is 6.92 Å². The zero-order chi connectivity index (χ0) is 13.9. The third-order valence-corrected chi connectivity index (χ3v) is 3.58. The second-order valence-electron chi connectivity index (χ2n) is 5.14. The van der Waals surface area contributed by atoms with Crippen molar-refractivity contribution in [2.45, 2.75) is 38.1 Å². The third-order valence-electron chi connectivity index (χ3n) is 3.58. The number of aliphatic hydroxyl groups excluding tert-OH is 1. The van der Waals surface area contributed by atoms with E-state index in [9.17, 15) is 9.50 Å². The molecule has 0 atom stereocenters. The number of halogens is 1. The fourth-order valence-electron chi connectivity index (χ4n) is 2.21. The number of hydrogen-bond acceptors (Lipinski definition) is 4. The highest BCUT2D eigenvalue weighted by Crippen LogP contribution is 2.38. The Balaban J connectivity index is 2.19. The van der Waals surface area contributed by atoms with Crippen LogP contribution in [0, 0.1) is 5.82 Å². The van der Waals surface area contributed by atoms with Crippen LogP contribution in [0.3, 0.4) is 0 Å². The van der Waals surface area contributed by atoms with Crippen LogP contribution >= 0.6 is 0 Å². The number of nitrogens with two attached hydrogens (primary N) is 1. The molecule has 0 heterocycles. The molecule has 0 bridgehead atoms. The van der Waals surface area contributed by atoms with Gasteiger partial charge in [0.05, 0.1) is 30.1 Å². The maximum absolute atomic E-state index is 13.7. The van der Waals surface area contributed by atoms with Gasteiger partial charge < -0.3 is 20.9 Å². The monoisotopic (exact) mass is 268 g/mol. The van der Waals surface area contributed by atoms with Crippen molar-refractivity contribution in [1.29, 1.82) is 0 Å². The van der Waals surface area contributed by atoms with Crippen LogP contribution in [-0.2, 0) is 0 Å². The van der Waals surface area contributed by atoms with Crippen molar-refractivity contribution in [2.75, 3.05) is 24.3 Å². The highest BCUT2D eigenvalue weighted by molar-refractivity contribution is 5.69. The summed E-state index contributed by atoms with van der Waals surface area (Å²) in [5.74, 6) is -0.255. The van der Waals surface area contributed by atoms with Crippen molar-refractivity contribution < 1.29 is 14.2 Å². The summed E-state index contributed by atoms with van der Waals surface area (Å²) in [7, 11) is 0. The molecule has 1 aromatic carbocycles. The van der Waals surface area contributed by atoms with Gasteiger partial charge in [-0.25, -0.2) is 4.39 Å². The molecule has 0 spiro atoms. The summed E-state index contributed by atoms with van der Waals surface area (Å²) in [4.78, 5) is 0. The fourth-order valence-corrected chi connectivity index (χ4v) is 2.21. The van der Waals surface area contributed by atoms with Crippen LogP contribution in [0.4, 0.5) is 15.8 Å². The fraction of sp³-hybridized carbons (Fsp3) is 0.571. The van der Waals surface area contributed by atoms with E-state index in [2.05, 4.69) is 5.32 Å². The SMILES string of the molecule is CCCOc1cc(NC2(CO)CCC2)c(N)cc1F. The summed E-state index contributed by atoms with van der Waals surface area (Å²) in [6.45, 7) is 2.48. The molecule has 4 N–H and O–H groups in total. The highest BCUT2D eigenvalue weighted by atomic mass is 19.1. The van der Waals surface area contributed by atoms with Gasteiger partial charge in [0.2, 0.25) is 0 Å². The molecule has 1 aliphatic rings. The van der Waals surface area contributed by atoms with Crippen LogP contribution in [0.1, 0.15) is 32.6 Å². The summed E-state index contributed by atoms with van der Waals surface area (Å²) in [6, 6.07) is 2.84. The van der Waals surface area contributed by atoms with E-state index in [1.54, 1.807) is 6.07 Å². The average Bonchev–Trinajstić information content (AvgIpc) is 2.35. The minimum Gasteiger partial charge on any atom is -0.490 e. The molecule has 1 saturated carbocycles. The quantitative estimate of drug-likeness (QED) is 0.693. The van der Waals surface area contributed by atoms with E-state index >= 15 is 0 Å². The molecule has 4 nitrogen and oxygen atoms in total. The third kappa shape index (κ3) is 2.92. The number of ether oxygens (including phenoxy) is 1. The van der Waals surface area contributed by atoms with Crippen molar-refractivity contribution in [2.24, 2.45) is 0 Å². The Morgan fingerprint density at radius 1 is 1.47 bits per heavy atom. The topological polar surface area (TPSA) is 67.5 Å². The predicted octanol–water partition coefficient (Wildman–Crippen LogP) is 2.52. The van der Waals surface area contributed by atoms with Gasteiger partial charge in [0.25, 0.3) is 0 Å². The number of anilines is 2. The Hall–Kier alpha value is -1.49. The molecular formula is C14H21FN2O2. The Morgan fingerprint density at radius 2 is 2.21 bits per heavy atom. The van der Waals surface area contributed by atoms with Crippen LogP contribution in [-0.4, -0.2) is 23.9 Å². The van der Waals surface area contributed by atoms with Gasteiger partial charge in [0.15, 0.2) is 11.6 Å². The maximum atomic E-state index is 13.7. The number of hydrogen-bond donors (Lipinski definition) is 3. The molecule has 2 rings (SSSR count). The van der Waals surface area contributed by atoms with E-state index in [1.165, 1.54) is 6.07 Å². The first-order valence-corrected chi connectivity index (χ1v) is 6.71. The average molecular weight is 268 g/mol. The zero-order valence-corrected chi connectivity index (χ0v) is 11.2. The molecule has 106 valence electrons. The van der Waals surface area contributed by atoms with E-state index in [-0.39, 0.29) is 17.9 Å². The molecule has 0 amide bonds. The van der Waals surface area contributed by atoms with Gasteiger partial charge >= 0.3 is 0 Å². The van der Waals surface area contributed by atoms with Gasteiger partial charge in [-0.2, -0.15) is 0 Å². The van der Waals surface area contributed by atoms with Crippen molar-refractivity contribution in [3.63, 3.8) is 0 Å². The van der Waals surface area contributed by atoms with Gasteiger partial charge in [-0.3, -0.25) is 0 Å². The molecule has 0 unspecified atom stereocenters. The predicted molar refractivity (Wildman–Crippen MR) is 73.9 cm³/mol. The van der Waals surface area contributed by atoms with E-state index in [0.717, 1.165) is 25.7 Å². The highest BCUT2D eigenvalue weighted by Gasteiger charge is 2.36. The first kappa shape index (κ1) is 13.9. The molecule has 1 fully saturated rings. The van der Waals surface area contributed by atoms with Gasteiger partial charge in [-0.1, -0.05) is 6.92 Å². The minimum absolute atomic E-state index is 0.0506. The summed E-state index contributed by atoms with van der Waals surface area (Å²) in [5.41, 5.74) is 6.47. The molecule has 0 aliphatic heterocycles. The molecule has 0 radical (unpaired) electrons. The summed E-state index contributed by atoms with van der Waals surface area (Å²) < 4.78 is 19.0. The molecular weight excluding hydrogens is 247 g/mol. The van der Waals surface area contributed by atoms with E-state index in [0.29, 0.717) is 18.0 Å². The van der Waals surface area contributed by atoms with Crippen LogP contribution in [0.5, 0.6) is 5.75 Å². The molecule has 1 aromatic rings. The Labute approximate surface area is 112 Å². The van der Waals surface area contributed by atoms with Crippen LogP contribution in [0.2, 0.25) is 0 Å².